The van der Waals surface area contributed by atoms with Crippen molar-refractivity contribution in [3.63, 3.8) is 0 Å². The van der Waals surface area contributed by atoms with Crippen molar-refractivity contribution in [2.24, 2.45) is 0 Å². The number of anilines is 1. The maximum absolute atomic E-state index is 12.8. The molecule has 5 nitrogen and oxygen atoms in total. The number of hydrogen-bond donors (Lipinski definition) is 2. The first-order chi connectivity index (χ1) is 12.3. The molecule has 0 saturated heterocycles. The first kappa shape index (κ1) is 18.0. The molecule has 0 aliphatic carbocycles. The number of hydrogen-bond acceptors (Lipinski definition) is 3. The predicted molar refractivity (Wildman–Crippen MR) is 101 cm³/mol. The number of carbonyl (C=O) groups is 2. The number of fused-ring (bicyclic) bond motifs is 1. The average molecular weight is 352 g/mol. The fourth-order valence-corrected chi connectivity index (χ4v) is 2.90. The average Bonchev–Trinajstić information content (AvgIpc) is 2.62. The van der Waals surface area contributed by atoms with Gasteiger partial charge in [0.05, 0.1) is 11.7 Å². The van der Waals surface area contributed by atoms with Gasteiger partial charge in [-0.3, -0.25) is 9.59 Å². The van der Waals surface area contributed by atoms with Crippen LogP contribution in [0.4, 0.5) is 5.69 Å². The van der Waals surface area contributed by atoms with E-state index in [1.165, 1.54) is 12.5 Å². The van der Waals surface area contributed by atoms with Crippen LogP contribution in [0.1, 0.15) is 50.8 Å². The summed E-state index contributed by atoms with van der Waals surface area (Å²) in [4.78, 5) is 25.3. The molecule has 5 heteroatoms. The summed E-state index contributed by atoms with van der Waals surface area (Å²) in [6.45, 7) is 7.65. The van der Waals surface area contributed by atoms with Crippen LogP contribution in [0.25, 0.3) is 0 Å². The van der Waals surface area contributed by atoms with Crippen molar-refractivity contribution >= 4 is 17.5 Å². The second kappa shape index (κ2) is 6.83. The van der Waals surface area contributed by atoms with Gasteiger partial charge in [-0.1, -0.05) is 50.2 Å². The maximum Gasteiger partial charge on any atom is 0.278 e. The molecule has 1 aliphatic heterocycles. The Labute approximate surface area is 153 Å². The van der Waals surface area contributed by atoms with E-state index in [4.69, 9.17) is 4.74 Å². The summed E-state index contributed by atoms with van der Waals surface area (Å²) in [5.74, 6) is -0.00746. The standard InChI is InChI=1S/C21H24N2O3/c1-13(2)15-9-11-16(12-10-15)14(3)22-19(24)21(4)20(25)23-17-7-5-6-8-18(17)26-21/h5-14H,1-4H3,(H,22,24)(H,23,25). The molecule has 0 radical (unpaired) electrons. The Bertz CT molecular complexity index is 829. The number of nitrogens with one attached hydrogen (secondary N) is 2. The monoisotopic (exact) mass is 352 g/mol. The minimum Gasteiger partial charge on any atom is -0.466 e. The van der Waals surface area contributed by atoms with Gasteiger partial charge in [0.2, 0.25) is 0 Å². The van der Waals surface area contributed by atoms with Crippen LogP contribution in [0.2, 0.25) is 0 Å². The number of benzene rings is 2. The fourth-order valence-electron chi connectivity index (χ4n) is 2.90. The van der Waals surface area contributed by atoms with E-state index in [1.807, 2.05) is 19.1 Å². The van der Waals surface area contributed by atoms with Gasteiger partial charge in [0.25, 0.3) is 17.4 Å². The zero-order chi connectivity index (χ0) is 18.9. The first-order valence-electron chi connectivity index (χ1n) is 8.81. The van der Waals surface area contributed by atoms with E-state index in [1.54, 1.807) is 24.3 Å². The van der Waals surface area contributed by atoms with Gasteiger partial charge in [0.15, 0.2) is 0 Å². The van der Waals surface area contributed by atoms with Crippen molar-refractivity contribution in [2.45, 2.75) is 45.3 Å². The van der Waals surface area contributed by atoms with Gasteiger partial charge in [-0.25, -0.2) is 0 Å². The summed E-state index contributed by atoms with van der Waals surface area (Å²) in [6.07, 6.45) is 0. The summed E-state index contributed by atoms with van der Waals surface area (Å²) in [5, 5.41) is 5.63. The Kier molecular flexibility index (Phi) is 4.72. The molecule has 0 spiro atoms. The number of amides is 2. The summed E-state index contributed by atoms with van der Waals surface area (Å²) < 4.78 is 5.76. The third-order valence-electron chi connectivity index (χ3n) is 4.77. The molecule has 136 valence electrons. The SMILES string of the molecule is CC(C)c1ccc(C(C)NC(=O)C2(C)Oc3ccccc3NC2=O)cc1. The Balaban J connectivity index is 1.75. The highest BCUT2D eigenvalue weighted by molar-refractivity contribution is 6.15. The second-order valence-electron chi connectivity index (χ2n) is 7.10. The van der Waals surface area contributed by atoms with E-state index in [0.29, 0.717) is 17.4 Å². The van der Waals surface area contributed by atoms with Crippen molar-refractivity contribution in [3.05, 3.63) is 59.7 Å². The maximum atomic E-state index is 12.8. The fraction of sp³-hybridized carbons (Fsp3) is 0.333. The summed E-state index contributed by atoms with van der Waals surface area (Å²) in [6, 6.07) is 14.9. The lowest BCUT2D eigenvalue weighted by atomic mass is 9.98. The topological polar surface area (TPSA) is 67.4 Å². The highest BCUT2D eigenvalue weighted by Crippen LogP contribution is 2.33. The number of ether oxygens (including phenoxy) is 1. The lowest BCUT2D eigenvalue weighted by molar-refractivity contribution is -0.147. The van der Waals surface area contributed by atoms with Crippen LogP contribution in [0, 0.1) is 0 Å². The Morgan fingerprint density at radius 2 is 1.65 bits per heavy atom. The van der Waals surface area contributed by atoms with E-state index in [9.17, 15) is 9.59 Å². The van der Waals surface area contributed by atoms with Crippen LogP contribution in [-0.4, -0.2) is 17.4 Å². The van der Waals surface area contributed by atoms with Gasteiger partial charge in [-0.05, 0) is 43.0 Å². The molecule has 2 atom stereocenters. The Morgan fingerprint density at radius 3 is 2.31 bits per heavy atom. The van der Waals surface area contributed by atoms with Crippen molar-refractivity contribution in [3.8, 4) is 5.75 Å². The molecule has 2 N–H and O–H groups in total. The molecule has 0 fully saturated rings. The number of carbonyl (C=O) groups excluding carboxylic acids is 2. The van der Waals surface area contributed by atoms with E-state index in [-0.39, 0.29) is 6.04 Å². The molecule has 1 heterocycles. The zero-order valence-corrected chi connectivity index (χ0v) is 15.5. The third kappa shape index (κ3) is 3.29. The van der Waals surface area contributed by atoms with E-state index in [2.05, 4.69) is 36.6 Å². The van der Waals surface area contributed by atoms with Crippen molar-refractivity contribution in [1.82, 2.24) is 5.32 Å². The minimum atomic E-state index is -1.61. The predicted octanol–water partition coefficient (Wildman–Crippen LogP) is 3.78. The number of para-hydroxylation sites is 2. The molecule has 26 heavy (non-hydrogen) atoms. The van der Waals surface area contributed by atoms with Gasteiger partial charge >= 0.3 is 0 Å². The molecule has 0 bridgehead atoms. The minimum absolute atomic E-state index is 0.242. The van der Waals surface area contributed by atoms with Crippen molar-refractivity contribution in [1.29, 1.82) is 0 Å². The molecular formula is C21H24N2O3. The molecule has 2 amide bonds. The van der Waals surface area contributed by atoms with Gasteiger partial charge in [-0.2, -0.15) is 0 Å². The molecule has 1 aliphatic rings. The first-order valence-corrected chi connectivity index (χ1v) is 8.81. The van der Waals surface area contributed by atoms with Gasteiger partial charge in [0.1, 0.15) is 5.75 Å². The summed E-state index contributed by atoms with van der Waals surface area (Å²) in [7, 11) is 0. The highest BCUT2D eigenvalue weighted by Gasteiger charge is 2.47. The van der Waals surface area contributed by atoms with Gasteiger partial charge in [-0.15, -0.1) is 0 Å². The lowest BCUT2D eigenvalue weighted by Crippen LogP contribution is -2.59. The van der Waals surface area contributed by atoms with Crippen LogP contribution in [-0.2, 0) is 9.59 Å². The number of rotatable bonds is 4. The van der Waals surface area contributed by atoms with Crippen LogP contribution < -0.4 is 15.4 Å². The molecule has 2 aromatic carbocycles. The van der Waals surface area contributed by atoms with Crippen LogP contribution >= 0.6 is 0 Å². The molecule has 2 unspecified atom stereocenters. The largest absolute Gasteiger partial charge is 0.466 e. The molecule has 2 aromatic rings. The van der Waals surface area contributed by atoms with Crippen molar-refractivity contribution in [2.75, 3.05) is 5.32 Å². The molecule has 0 saturated carbocycles. The quantitative estimate of drug-likeness (QED) is 0.823. The van der Waals surface area contributed by atoms with Gasteiger partial charge < -0.3 is 15.4 Å². The van der Waals surface area contributed by atoms with E-state index in [0.717, 1.165) is 5.56 Å². The smallest absolute Gasteiger partial charge is 0.278 e. The summed E-state index contributed by atoms with van der Waals surface area (Å²) in [5.41, 5.74) is 1.18. The second-order valence-corrected chi connectivity index (χ2v) is 7.10. The van der Waals surface area contributed by atoms with E-state index < -0.39 is 17.4 Å². The van der Waals surface area contributed by atoms with Crippen LogP contribution in [0.5, 0.6) is 5.75 Å². The Hall–Kier alpha value is -2.82. The molecule has 0 aromatic heterocycles. The molecule has 3 rings (SSSR count). The zero-order valence-electron chi connectivity index (χ0n) is 15.5. The van der Waals surface area contributed by atoms with Crippen molar-refractivity contribution < 1.29 is 14.3 Å². The lowest BCUT2D eigenvalue weighted by Gasteiger charge is -2.34. The van der Waals surface area contributed by atoms with Crippen LogP contribution in [0.15, 0.2) is 48.5 Å². The molecular weight excluding hydrogens is 328 g/mol. The third-order valence-corrected chi connectivity index (χ3v) is 4.77. The van der Waals surface area contributed by atoms with E-state index >= 15 is 0 Å². The normalized spacial score (nSPS) is 20.0. The van der Waals surface area contributed by atoms with Gasteiger partial charge in [0, 0.05) is 0 Å². The Morgan fingerprint density at radius 1 is 1.04 bits per heavy atom. The van der Waals surface area contributed by atoms with Crippen LogP contribution in [0.3, 0.4) is 0 Å². The highest BCUT2D eigenvalue weighted by atomic mass is 16.5. The summed E-state index contributed by atoms with van der Waals surface area (Å²) >= 11 is 0.